The van der Waals surface area contributed by atoms with Crippen LogP contribution in [0, 0.1) is 0 Å². The van der Waals surface area contributed by atoms with E-state index in [1.165, 1.54) is 0 Å². The van der Waals surface area contributed by atoms with Crippen molar-refractivity contribution < 1.29 is 9.53 Å². The molecule has 11 heavy (non-hydrogen) atoms. The Kier molecular flexibility index (Phi) is 2.65. The van der Waals surface area contributed by atoms with E-state index in [9.17, 15) is 4.79 Å². The lowest BCUT2D eigenvalue weighted by molar-refractivity contribution is -0.139. The molecule has 0 amide bonds. The SMILES string of the molecule is CCC(=O)OC1=CCCC1N. The first-order valence-electron chi connectivity index (χ1n) is 3.90. The van der Waals surface area contributed by atoms with Gasteiger partial charge in [0.05, 0.1) is 6.04 Å². The van der Waals surface area contributed by atoms with Gasteiger partial charge in [0.2, 0.25) is 0 Å². The van der Waals surface area contributed by atoms with Gasteiger partial charge >= 0.3 is 5.97 Å². The number of esters is 1. The summed E-state index contributed by atoms with van der Waals surface area (Å²) >= 11 is 0. The zero-order valence-electron chi connectivity index (χ0n) is 6.67. The van der Waals surface area contributed by atoms with E-state index in [4.69, 9.17) is 10.5 Å². The van der Waals surface area contributed by atoms with Crippen molar-refractivity contribution in [2.45, 2.75) is 32.2 Å². The van der Waals surface area contributed by atoms with Crippen LogP contribution in [-0.2, 0) is 9.53 Å². The quantitative estimate of drug-likeness (QED) is 0.604. The Balaban J connectivity index is 2.42. The summed E-state index contributed by atoms with van der Waals surface area (Å²) < 4.78 is 4.97. The van der Waals surface area contributed by atoms with E-state index in [0.29, 0.717) is 12.2 Å². The predicted molar refractivity (Wildman–Crippen MR) is 41.7 cm³/mol. The molecular formula is C8H13NO2. The molecule has 0 aromatic carbocycles. The van der Waals surface area contributed by atoms with E-state index in [0.717, 1.165) is 12.8 Å². The Labute approximate surface area is 66.2 Å². The van der Waals surface area contributed by atoms with Gasteiger partial charge < -0.3 is 10.5 Å². The summed E-state index contributed by atoms with van der Waals surface area (Å²) in [5, 5.41) is 0. The summed E-state index contributed by atoms with van der Waals surface area (Å²) in [7, 11) is 0. The van der Waals surface area contributed by atoms with Crippen molar-refractivity contribution in [1.82, 2.24) is 0 Å². The first-order chi connectivity index (χ1) is 5.24. The van der Waals surface area contributed by atoms with Crippen molar-refractivity contribution in [3.63, 3.8) is 0 Å². The first-order valence-corrected chi connectivity index (χ1v) is 3.90. The van der Waals surface area contributed by atoms with Crippen molar-refractivity contribution >= 4 is 5.97 Å². The van der Waals surface area contributed by atoms with E-state index in [1.54, 1.807) is 6.92 Å². The van der Waals surface area contributed by atoms with Crippen LogP contribution in [0.1, 0.15) is 26.2 Å². The van der Waals surface area contributed by atoms with Crippen LogP contribution in [-0.4, -0.2) is 12.0 Å². The highest BCUT2D eigenvalue weighted by Gasteiger charge is 2.17. The molecular weight excluding hydrogens is 142 g/mol. The van der Waals surface area contributed by atoms with Crippen molar-refractivity contribution in [2.75, 3.05) is 0 Å². The monoisotopic (exact) mass is 155 g/mol. The molecule has 0 spiro atoms. The number of carbonyl (C=O) groups is 1. The second-order valence-electron chi connectivity index (χ2n) is 2.62. The second kappa shape index (κ2) is 3.53. The van der Waals surface area contributed by atoms with Crippen LogP contribution in [0.25, 0.3) is 0 Å². The molecule has 0 saturated carbocycles. The van der Waals surface area contributed by atoms with Gasteiger partial charge in [-0.3, -0.25) is 4.79 Å². The Hall–Kier alpha value is -0.830. The summed E-state index contributed by atoms with van der Waals surface area (Å²) in [6.45, 7) is 1.77. The molecule has 3 heteroatoms. The summed E-state index contributed by atoms with van der Waals surface area (Å²) in [5.74, 6) is 0.449. The Morgan fingerprint density at radius 1 is 1.91 bits per heavy atom. The molecule has 0 saturated heterocycles. The molecule has 0 aromatic rings. The number of nitrogens with two attached hydrogens (primary N) is 1. The molecule has 2 N–H and O–H groups in total. The average molecular weight is 155 g/mol. The summed E-state index contributed by atoms with van der Waals surface area (Å²) in [4.78, 5) is 10.8. The third-order valence-electron chi connectivity index (χ3n) is 1.71. The number of allylic oxidation sites excluding steroid dienone is 1. The van der Waals surface area contributed by atoms with Gasteiger partial charge in [0.1, 0.15) is 5.76 Å². The normalized spacial score (nSPS) is 23.1. The fourth-order valence-electron chi connectivity index (χ4n) is 1.02. The van der Waals surface area contributed by atoms with Crippen LogP contribution in [0.3, 0.4) is 0 Å². The lowest BCUT2D eigenvalue weighted by atomic mass is 10.3. The van der Waals surface area contributed by atoms with Gasteiger partial charge in [-0.1, -0.05) is 6.92 Å². The summed E-state index contributed by atoms with van der Waals surface area (Å²) in [5.41, 5.74) is 5.64. The van der Waals surface area contributed by atoms with Crippen LogP contribution in [0.4, 0.5) is 0 Å². The zero-order valence-corrected chi connectivity index (χ0v) is 6.67. The molecule has 0 aliphatic heterocycles. The molecule has 0 fully saturated rings. The molecule has 3 nitrogen and oxygen atoms in total. The van der Waals surface area contributed by atoms with Crippen molar-refractivity contribution in [1.29, 1.82) is 0 Å². The van der Waals surface area contributed by atoms with Gasteiger partial charge in [0, 0.05) is 6.42 Å². The van der Waals surface area contributed by atoms with E-state index < -0.39 is 0 Å². The lowest BCUT2D eigenvalue weighted by Crippen LogP contribution is -2.21. The highest BCUT2D eigenvalue weighted by molar-refractivity contribution is 5.70. The van der Waals surface area contributed by atoms with Crippen LogP contribution in [0.15, 0.2) is 11.8 Å². The number of hydrogen-bond donors (Lipinski definition) is 1. The second-order valence-corrected chi connectivity index (χ2v) is 2.62. The Morgan fingerprint density at radius 3 is 3.09 bits per heavy atom. The molecule has 62 valence electrons. The maximum atomic E-state index is 10.8. The van der Waals surface area contributed by atoms with Gasteiger partial charge in [-0.15, -0.1) is 0 Å². The molecule has 0 radical (unpaired) electrons. The van der Waals surface area contributed by atoms with Crippen molar-refractivity contribution in [2.24, 2.45) is 5.73 Å². The minimum absolute atomic E-state index is 0.0644. The van der Waals surface area contributed by atoms with Gasteiger partial charge in [0.15, 0.2) is 0 Å². The van der Waals surface area contributed by atoms with Gasteiger partial charge in [-0.05, 0) is 18.9 Å². The number of hydrogen-bond acceptors (Lipinski definition) is 3. The minimum Gasteiger partial charge on any atom is -0.430 e. The highest BCUT2D eigenvalue weighted by atomic mass is 16.5. The van der Waals surface area contributed by atoms with Gasteiger partial charge in [-0.25, -0.2) is 0 Å². The number of carbonyl (C=O) groups excluding carboxylic acids is 1. The van der Waals surface area contributed by atoms with Crippen LogP contribution in [0.2, 0.25) is 0 Å². The molecule has 0 heterocycles. The van der Waals surface area contributed by atoms with Crippen molar-refractivity contribution in [3.05, 3.63) is 11.8 Å². The maximum absolute atomic E-state index is 10.8. The number of ether oxygens (including phenoxy) is 1. The van der Waals surface area contributed by atoms with Crippen LogP contribution < -0.4 is 5.73 Å². The van der Waals surface area contributed by atoms with E-state index in [-0.39, 0.29) is 12.0 Å². The number of rotatable bonds is 2. The molecule has 1 unspecified atom stereocenters. The topological polar surface area (TPSA) is 52.3 Å². The average Bonchev–Trinajstić information content (AvgIpc) is 2.37. The molecule has 1 aliphatic rings. The predicted octanol–water partition coefficient (Wildman–Crippen LogP) is 0.945. The first kappa shape index (κ1) is 8.27. The third-order valence-corrected chi connectivity index (χ3v) is 1.71. The maximum Gasteiger partial charge on any atom is 0.310 e. The smallest absolute Gasteiger partial charge is 0.310 e. The standard InChI is InChI=1S/C8H13NO2/c1-2-8(10)11-7-5-3-4-6(7)9/h5-6H,2-4,9H2,1H3. The van der Waals surface area contributed by atoms with Crippen LogP contribution in [0.5, 0.6) is 0 Å². The fourth-order valence-corrected chi connectivity index (χ4v) is 1.02. The van der Waals surface area contributed by atoms with Gasteiger partial charge in [-0.2, -0.15) is 0 Å². The Bertz CT molecular complexity index is 187. The molecule has 1 aliphatic carbocycles. The van der Waals surface area contributed by atoms with E-state index in [1.807, 2.05) is 6.08 Å². The van der Waals surface area contributed by atoms with Crippen LogP contribution >= 0.6 is 0 Å². The van der Waals surface area contributed by atoms with E-state index >= 15 is 0 Å². The van der Waals surface area contributed by atoms with Crippen molar-refractivity contribution in [3.8, 4) is 0 Å². The van der Waals surface area contributed by atoms with E-state index in [2.05, 4.69) is 0 Å². The molecule has 1 atom stereocenters. The van der Waals surface area contributed by atoms with Gasteiger partial charge in [0.25, 0.3) is 0 Å². The lowest BCUT2D eigenvalue weighted by Gasteiger charge is -2.08. The fraction of sp³-hybridized carbons (Fsp3) is 0.625. The largest absolute Gasteiger partial charge is 0.430 e. The summed E-state index contributed by atoms with van der Waals surface area (Å²) in [6.07, 6.45) is 4.11. The minimum atomic E-state index is -0.200. The highest BCUT2D eigenvalue weighted by Crippen LogP contribution is 2.17. The molecule has 0 bridgehead atoms. The summed E-state index contributed by atoms with van der Waals surface area (Å²) in [6, 6.07) is -0.0644. The molecule has 1 rings (SSSR count). The zero-order chi connectivity index (χ0) is 8.27. The third kappa shape index (κ3) is 2.05. The Morgan fingerprint density at radius 2 is 2.64 bits per heavy atom. The molecule has 0 aromatic heterocycles.